The fourth-order valence-electron chi connectivity index (χ4n) is 1.88. The second kappa shape index (κ2) is 6.33. The number of nitrogens with one attached hydrogen (secondary N) is 2. The Morgan fingerprint density at radius 1 is 1.50 bits per heavy atom. The molecule has 2 N–H and O–H groups in total. The Labute approximate surface area is 107 Å². The van der Waals surface area contributed by atoms with E-state index in [2.05, 4.69) is 17.2 Å². The molecule has 0 amide bonds. The van der Waals surface area contributed by atoms with E-state index in [1.807, 2.05) is 24.3 Å². The first-order valence-electron chi connectivity index (χ1n) is 6.12. The molecule has 0 bridgehead atoms. The van der Waals surface area contributed by atoms with Gasteiger partial charge in [0.2, 0.25) is 0 Å². The molecule has 18 heavy (non-hydrogen) atoms. The average molecular weight is 246 g/mol. The van der Waals surface area contributed by atoms with E-state index in [9.17, 15) is 4.79 Å². The van der Waals surface area contributed by atoms with E-state index in [-0.39, 0.29) is 12.0 Å². The van der Waals surface area contributed by atoms with Crippen LogP contribution in [0.4, 0.5) is 0 Å². The van der Waals surface area contributed by atoms with Crippen molar-refractivity contribution in [3.8, 4) is 0 Å². The third-order valence-electron chi connectivity index (χ3n) is 2.89. The second-order valence-corrected chi connectivity index (χ2v) is 4.27. The van der Waals surface area contributed by atoms with Crippen LogP contribution < -0.4 is 10.6 Å². The minimum absolute atomic E-state index is 0.203. The molecular weight excluding hydrogens is 228 g/mol. The van der Waals surface area contributed by atoms with E-state index in [1.54, 1.807) is 6.08 Å². The lowest BCUT2D eigenvalue weighted by molar-refractivity contribution is -0.147. The Morgan fingerprint density at radius 3 is 3.11 bits per heavy atom. The van der Waals surface area contributed by atoms with Crippen LogP contribution in [0.15, 0.2) is 30.8 Å². The molecule has 1 aromatic carbocycles. The molecule has 0 saturated carbocycles. The molecule has 4 heteroatoms. The maximum Gasteiger partial charge on any atom is 0.324 e. The molecule has 0 radical (unpaired) electrons. The lowest BCUT2D eigenvalue weighted by Crippen LogP contribution is -2.52. The Balaban J connectivity index is 1.86. The van der Waals surface area contributed by atoms with Gasteiger partial charge in [-0.2, -0.15) is 0 Å². The maximum absolute atomic E-state index is 11.8. The summed E-state index contributed by atoms with van der Waals surface area (Å²) in [5.41, 5.74) is 2.01. The molecular formula is C14H18N2O2. The van der Waals surface area contributed by atoms with E-state index in [0.29, 0.717) is 13.2 Å². The number of rotatable bonds is 4. The summed E-state index contributed by atoms with van der Waals surface area (Å²) in [4.78, 5) is 11.8. The first kappa shape index (κ1) is 12.8. The average Bonchev–Trinajstić information content (AvgIpc) is 2.46. The SMILES string of the molecule is C=Cc1cccc(COC(=O)C2CNCCN2)c1. The van der Waals surface area contributed by atoms with Gasteiger partial charge in [0.1, 0.15) is 12.6 Å². The van der Waals surface area contributed by atoms with Crippen LogP contribution in [0.25, 0.3) is 6.08 Å². The number of hydrogen-bond donors (Lipinski definition) is 2. The molecule has 1 atom stereocenters. The van der Waals surface area contributed by atoms with Gasteiger partial charge in [0.05, 0.1) is 0 Å². The van der Waals surface area contributed by atoms with Gasteiger partial charge in [0, 0.05) is 19.6 Å². The molecule has 1 saturated heterocycles. The minimum Gasteiger partial charge on any atom is -0.460 e. The molecule has 96 valence electrons. The van der Waals surface area contributed by atoms with Crippen molar-refractivity contribution in [1.29, 1.82) is 0 Å². The van der Waals surface area contributed by atoms with Gasteiger partial charge in [0.25, 0.3) is 0 Å². The maximum atomic E-state index is 11.8. The zero-order valence-electron chi connectivity index (χ0n) is 10.3. The van der Waals surface area contributed by atoms with Crippen LogP contribution in [0, 0.1) is 0 Å². The molecule has 1 aromatic rings. The summed E-state index contributed by atoms with van der Waals surface area (Å²) in [6.07, 6.45) is 1.78. The monoisotopic (exact) mass is 246 g/mol. The second-order valence-electron chi connectivity index (χ2n) is 4.27. The van der Waals surface area contributed by atoms with Crippen LogP contribution in [-0.4, -0.2) is 31.6 Å². The summed E-state index contributed by atoms with van der Waals surface area (Å²) >= 11 is 0. The highest BCUT2D eigenvalue weighted by Gasteiger charge is 2.21. The molecule has 4 nitrogen and oxygen atoms in total. The Hall–Kier alpha value is -1.65. The number of benzene rings is 1. The van der Waals surface area contributed by atoms with Crippen molar-refractivity contribution in [2.45, 2.75) is 12.6 Å². The molecule has 1 unspecified atom stereocenters. The first-order valence-corrected chi connectivity index (χ1v) is 6.12. The molecule has 1 fully saturated rings. The Bertz CT molecular complexity index is 426. The van der Waals surface area contributed by atoms with Crippen LogP contribution in [-0.2, 0) is 16.1 Å². The van der Waals surface area contributed by atoms with Gasteiger partial charge in [0.15, 0.2) is 0 Å². The highest BCUT2D eigenvalue weighted by molar-refractivity contribution is 5.76. The van der Waals surface area contributed by atoms with E-state index in [4.69, 9.17) is 4.74 Å². The number of ether oxygens (including phenoxy) is 1. The summed E-state index contributed by atoms with van der Waals surface area (Å²) in [6.45, 7) is 6.34. The lowest BCUT2D eigenvalue weighted by Gasteiger charge is -2.22. The Kier molecular flexibility index (Phi) is 4.50. The molecule has 2 rings (SSSR count). The van der Waals surface area contributed by atoms with E-state index in [1.165, 1.54) is 0 Å². The van der Waals surface area contributed by atoms with Crippen molar-refractivity contribution in [1.82, 2.24) is 10.6 Å². The van der Waals surface area contributed by atoms with Crippen LogP contribution in [0.1, 0.15) is 11.1 Å². The van der Waals surface area contributed by atoms with Crippen LogP contribution in [0.2, 0.25) is 0 Å². The van der Waals surface area contributed by atoms with Crippen molar-refractivity contribution in [3.63, 3.8) is 0 Å². The van der Waals surface area contributed by atoms with Crippen molar-refractivity contribution < 1.29 is 9.53 Å². The van der Waals surface area contributed by atoms with Crippen molar-refractivity contribution in [2.24, 2.45) is 0 Å². The normalized spacial score (nSPS) is 19.2. The predicted octanol–water partition coefficient (Wildman–Crippen LogP) is 0.934. The van der Waals surface area contributed by atoms with Gasteiger partial charge in [-0.05, 0) is 17.2 Å². The molecule has 0 aromatic heterocycles. The summed E-state index contributed by atoms with van der Waals surface area (Å²) in [7, 11) is 0. The largest absolute Gasteiger partial charge is 0.460 e. The zero-order chi connectivity index (χ0) is 12.8. The fraction of sp³-hybridized carbons (Fsp3) is 0.357. The quantitative estimate of drug-likeness (QED) is 0.776. The summed E-state index contributed by atoms with van der Waals surface area (Å²) in [5, 5.41) is 6.28. The van der Waals surface area contributed by atoms with Crippen molar-refractivity contribution in [2.75, 3.05) is 19.6 Å². The molecule has 0 spiro atoms. The molecule has 0 aliphatic carbocycles. The van der Waals surface area contributed by atoms with Crippen molar-refractivity contribution in [3.05, 3.63) is 42.0 Å². The van der Waals surface area contributed by atoms with Gasteiger partial charge in [-0.3, -0.25) is 4.79 Å². The minimum atomic E-state index is -0.235. The number of piperazine rings is 1. The van der Waals surface area contributed by atoms with Gasteiger partial charge < -0.3 is 15.4 Å². The lowest BCUT2D eigenvalue weighted by atomic mass is 10.1. The topological polar surface area (TPSA) is 50.4 Å². The third kappa shape index (κ3) is 3.42. The number of esters is 1. The van der Waals surface area contributed by atoms with Crippen molar-refractivity contribution >= 4 is 12.0 Å². The fourth-order valence-corrected chi connectivity index (χ4v) is 1.88. The van der Waals surface area contributed by atoms with Gasteiger partial charge in [-0.25, -0.2) is 0 Å². The van der Waals surface area contributed by atoms with Gasteiger partial charge >= 0.3 is 5.97 Å². The number of hydrogen-bond acceptors (Lipinski definition) is 4. The van der Waals surface area contributed by atoms with E-state index in [0.717, 1.165) is 24.2 Å². The van der Waals surface area contributed by atoms with Crippen LogP contribution in [0.5, 0.6) is 0 Å². The Morgan fingerprint density at radius 2 is 2.39 bits per heavy atom. The smallest absolute Gasteiger partial charge is 0.324 e. The van der Waals surface area contributed by atoms with E-state index >= 15 is 0 Å². The summed E-state index contributed by atoms with van der Waals surface area (Å²) < 4.78 is 5.29. The predicted molar refractivity (Wildman–Crippen MR) is 71.0 cm³/mol. The van der Waals surface area contributed by atoms with Gasteiger partial charge in [-0.1, -0.05) is 30.9 Å². The third-order valence-corrected chi connectivity index (χ3v) is 2.89. The molecule has 1 aliphatic heterocycles. The van der Waals surface area contributed by atoms with E-state index < -0.39 is 0 Å². The first-order chi connectivity index (χ1) is 8.79. The molecule has 1 heterocycles. The highest BCUT2D eigenvalue weighted by Crippen LogP contribution is 2.08. The van der Waals surface area contributed by atoms with Crippen LogP contribution >= 0.6 is 0 Å². The van der Waals surface area contributed by atoms with Gasteiger partial charge in [-0.15, -0.1) is 0 Å². The summed E-state index contributed by atoms with van der Waals surface area (Å²) in [5.74, 6) is -0.203. The summed E-state index contributed by atoms with van der Waals surface area (Å²) in [6, 6.07) is 7.56. The molecule has 1 aliphatic rings. The zero-order valence-corrected chi connectivity index (χ0v) is 10.3. The number of carbonyl (C=O) groups is 1. The highest BCUT2D eigenvalue weighted by atomic mass is 16.5. The number of carbonyl (C=O) groups excluding carboxylic acids is 1. The standard InChI is InChI=1S/C14H18N2O2/c1-2-11-4-3-5-12(8-11)10-18-14(17)13-9-15-6-7-16-13/h2-5,8,13,15-16H,1,6-7,9-10H2. The van der Waals surface area contributed by atoms with Crippen LogP contribution in [0.3, 0.4) is 0 Å².